The van der Waals surface area contributed by atoms with Gasteiger partial charge in [0.2, 0.25) is 5.91 Å². The maximum absolute atomic E-state index is 11.3. The quantitative estimate of drug-likeness (QED) is 0.752. The Labute approximate surface area is 118 Å². The summed E-state index contributed by atoms with van der Waals surface area (Å²) in [5.41, 5.74) is 1.22. The molecule has 0 aliphatic heterocycles. The van der Waals surface area contributed by atoms with Crippen molar-refractivity contribution in [2.45, 2.75) is 6.42 Å². The number of hydrogen-bond acceptors (Lipinski definition) is 3. The van der Waals surface area contributed by atoms with Gasteiger partial charge in [0.05, 0.1) is 13.2 Å². The van der Waals surface area contributed by atoms with Crippen molar-refractivity contribution in [2.75, 3.05) is 26.4 Å². The van der Waals surface area contributed by atoms with Crippen LogP contribution in [0.15, 0.2) is 42.5 Å². The van der Waals surface area contributed by atoms with Gasteiger partial charge in [-0.2, -0.15) is 0 Å². The average molecular weight is 273 g/mol. The van der Waals surface area contributed by atoms with Crippen LogP contribution in [-0.4, -0.2) is 37.4 Å². The summed E-state index contributed by atoms with van der Waals surface area (Å²) in [6.45, 7) is 0.749. The predicted octanol–water partition coefficient (Wildman–Crippen LogP) is 1.51. The predicted molar refractivity (Wildman–Crippen MR) is 78.6 cm³/mol. The summed E-state index contributed by atoms with van der Waals surface area (Å²) in [5.74, 6) is -0.197. The molecule has 4 nitrogen and oxygen atoms in total. The maximum atomic E-state index is 11.3. The molecule has 0 atom stereocenters. The molecule has 20 heavy (non-hydrogen) atoms. The topological polar surface area (TPSA) is 58.6 Å². The van der Waals surface area contributed by atoms with Crippen LogP contribution < -0.4 is 5.32 Å². The molecule has 2 rings (SSSR count). The molecule has 0 bridgehead atoms. The minimum atomic E-state index is -0.197. The number of carbonyl (C=O) groups is 1. The van der Waals surface area contributed by atoms with Gasteiger partial charge in [0, 0.05) is 6.54 Å². The number of ether oxygens (including phenoxy) is 1. The first-order valence-electron chi connectivity index (χ1n) is 6.73. The third-order valence-electron chi connectivity index (χ3n) is 3.06. The van der Waals surface area contributed by atoms with Crippen molar-refractivity contribution in [3.05, 3.63) is 48.0 Å². The van der Waals surface area contributed by atoms with Gasteiger partial charge in [-0.05, 0) is 22.8 Å². The molecule has 0 radical (unpaired) electrons. The van der Waals surface area contributed by atoms with Gasteiger partial charge in [-0.15, -0.1) is 0 Å². The SMILES string of the molecule is O=C(COCCc1cccc2ccccc12)NCCO. The van der Waals surface area contributed by atoms with Gasteiger partial charge in [-0.25, -0.2) is 0 Å². The highest BCUT2D eigenvalue weighted by molar-refractivity contribution is 5.85. The Balaban J connectivity index is 1.83. The standard InChI is InChI=1S/C16H19NO3/c18-10-9-17-16(19)12-20-11-8-14-6-3-5-13-4-1-2-7-15(13)14/h1-7,18H,8-12H2,(H,17,19). The Morgan fingerprint density at radius 2 is 1.95 bits per heavy atom. The summed E-state index contributed by atoms with van der Waals surface area (Å²) >= 11 is 0. The molecule has 0 spiro atoms. The van der Waals surface area contributed by atoms with Gasteiger partial charge < -0.3 is 15.2 Å². The van der Waals surface area contributed by atoms with Crippen LogP contribution in [0, 0.1) is 0 Å². The third-order valence-corrected chi connectivity index (χ3v) is 3.06. The van der Waals surface area contributed by atoms with E-state index in [9.17, 15) is 4.79 Å². The Kier molecular flexibility index (Phi) is 5.53. The smallest absolute Gasteiger partial charge is 0.246 e. The highest BCUT2D eigenvalue weighted by Gasteiger charge is 2.02. The van der Waals surface area contributed by atoms with E-state index in [-0.39, 0.29) is 25.7 Å². The highest BCUT2D eigenvalue weighted by Crippen LogP contribution is 2.18. The van der Waals surface area contributed by atoms with Crippen LogP contribution in [0.4, 0.5) is 0 Å². The fraction of sp³-hybridized carbons (Fsp3) is 0.312. The summed E-state index contributed by atoms with van der Waals surface area (Å²) in [6.07, 6.45) is 0.772. The minimum Gasteiger partial charge on any atom is -0.395 e. The lowest BCUT2D eigenvalue weighted by atomic mass is 10.0. The van der Waals surface area contributed by atoms with Crippen molar-refractivity contribution in [2.24, 2.45) is 0 Å². The van der Waals surface area contributed by atoms with Crippen molar-refractivity contribution in [1.29, 1.82) is 0 Å². The summed E-state index contributed by atoms with van der Waals surface area (Å²) < 4.78 is 5.35. The normalized spacial score (nSPS) is 10.7. The maximum Gasteiger partial charge on any atom is 0.246 e. The monoisotopic (exact) mass is 273 g/mol. The molecule has 0 saturated carbocycles. The van der Waals surface area contributed by atoms with Crippen LogP contribution in [0.1, 0.15) is 5.56 Å². The Morgan fingerprint density at radius 3 is 2.80 bits per heavy atom. The Bertz CT molecular complexity index is 563. The van der Waals surface area contributed by atoms with E-state index < -0.39 is 0 Å². The lowest BCUT2D eigenvalue weighted by Crippen LogP contribution is -2.30. The number of fused-ring (bicyclic) bond motifs is 1. The molecule has 0 saturated heterocycles. The largest absolute Gasteiger partial charge is 0.395 e. The number of aliphatic hydroxyl groups is 1. The molecule has 2 N–H and O–H groups in total. The molecule has 0 aliphatic rings. The lowest BCUT2D eigenvalue weighted by Gasteiger charge is -2.07. The molecule has 0 unspecified atom stereocenters. The van der Waals surface area contributed by atoms with Gasteiger partial charge >= 0.3 is 0 Å². The van der Waals surface area contributed by atoms with E-state index in [2.05, 4.69) is 29.6 Å². The van der Waals surface area contributed by atoms with E-state index in [0.29, 0.717) is 6.61 Å². The van der Waals surface area contributed by atoms with Crippen LogP contribution in [-0.2, 0) is 16.0 Å². The van der Waals surface area contributed by atoms with Crippen molar-refractivity contribution in [3.63, 3.8) is 0 Å². The first-order valence-corrected chi connectivity index (χ1v) is 6.73. The van der Waals surface area contributed by atoms with Crippen LogP contribution in [0.25, 0.3) is 10.8 Å². The molecule has 0 aromatic heterocycles. The van der Waals surface area contributed by atoms with Crippen molar-refractivity contribution >= 4 is 16.7 Å². The molecule has 0 fully saturated rings. The Morgan fingerprint density at radius 1 is 1.15 bits per heavy atom. The zero-order valence-corrected chi connectivity index (χ0v) is 11.3. The molecule has 2 aromatic carbocycles. The molecule has 106 valence electrons. The zero-order valence-electron chi connectivity index (χ0n) is 11.3. The average Bonchev–Trinajstić information content (AvgIpc) is 2.49. The van der Waals surface area contributed by atoms with Crippen LogP contribution in [0.5, 0.6) is 0 Å². The second-order valence-corrected chi connectivity index (χ2v) is 4.51. The fourth-order valence-corrected chi connectivity index (χ4v) is 2.10. The molecule has 2 aromatic rings. The first-order chi connectivity index (χ1) is 9.81. The van der Waals surface area contributed by atoms with Crippen LogP contribution >= 0.6 is 0 Å². The highest BCUT2D eigenvalue weighted by atomic mass is 16.5. The van der Waals surface area contributed by atoms with Gasteiger partial charge in [0.1, 0.15) is 6.61 Å². The van der Waals surface area contributed by atoms with Crippen LogP contribution in [0.2, 0.25) is 0 Å². The fourth-order valence-electron chi connectivity index (χ4n) is 2.10. The van der Waals surface area contributed by atoms with E-state index in [1.165, 1.54) is 16.3 Å². The number of carbonyl (C=O) groups excluding carboxylic acids is 1. The summed E-state index contributed by atoms with van der Waals surface area (Å²) in [7, 11) is 0. The van der Waals surface area contributed by atoms with E-state index in [0.717, 1.165) is 6.42 Å². The number of nitrogens with one attached hydrogen (secondary N) is 1. The van der Waals surface area contributed by atoms with E-state index in [1.807, 2.05) is 18.2 Å². The number of rotatable bonds is 7. The summed E-state index contributed by atoms with van der Waals surface area (Å²) in [4.78, 5) is 11.3. The van der Waals surface area contributed by atoms with Crippen molar-refractivity contribution in [1.82, 2.24) is 5.32 Å². The number of hydrogen-bond donors (Lipinski definition) is 2. The lowest BCUT2D eigenvalue weighted by molar-refractivity contribution is -0.125. The Hall–Kier alpha value is -1.91. The molecule has 0 heterocycles. The third kappa shape index (κ3) is 4.05. The first kappa shape index (κ1) is 14.5. The van der Waals surface area contributed by atoms with Gasteiger partial charge in [-0.3, -0.25) is 4.79 Å². The van der Waals surface area contributed by atoms with Crippen molar-refractivity contribution < 1.29 is 14.6 Å². The summed E-state index contributed by atoms with van der Waals surface area (Å²) in [6, 6.07) is 14.4. The van der Waals surface area contributed by atoms with Gasteiger partial charge in [-0.1, -0.05) is 42.5 Å². The van der Waals surface area contributed by atoms with E-state index in [1.54, 1.807) is 0 Å². The minimum absolute atomic E-state index is 0.0325. The number of amides is 1. The van der Waals surface area contributed by atoms with Gasteiger partial charge in [0.25, 0.3) is 0 Å². The molecule has 1 amide bonds. The molecule has 0 aliphatic carbocycles. The van der Waals surface area contributed by atoms with Crippen LogP contribution in [0.3, 0.4) is 0 Å². The molecular weight excluding hydrogens is 254 g/mol. The van der Waals surface area contributed by atoms with Crippen molar-refractivity contribution in [3.8, 4) is 0 Å². The summed E-state index contributed by atoms with van der Waals surface area (Å²) in [5, 5.41) is 13.6. The molecular formula is C16H19NO3. The number of benzene rings is 2. The second kappa shape index (κ2) is 7.62. The number of aliphatic hydroxyl groups excluding tert-OH is 1. The molecule has 4 heteroatoms. The van der Waals surface area contributed by atoms with Gasteiger partial charge in [0.15, 0.2) is 0 Å². The van der Waals surface area contributed by atoms with E-state index in [4.69, 9.17) is 9.84 Å². The zero-order chi connectivity index (χ0) is 14.2. The second-order valence-electron chi connectivity index (χ2n) is 4.51. The van der Waals surface area contributed by atoms with E-state index >= 15 is 0 Å².